The standard InChI is InChI=1S/C19H22N2O4/c1-13-7-14(2)9-16(8-13)25-12-19(22)21-20-11-15-5-6-17(23-3)18(10-15)24-4/h5-11H,12H2,1-4H3,(H,21,22). The van der Waals surface area contributed by atoms with Crippen LogP contribution >= 0.6 is 0 Å². The third kappa shape index (κ3) is 5.53. The minimum Gasteiger partial charge on any atom is -0.493 e. The average molecular weight is 342 g/mol. The number of carbonyl (C=O) groups excluding carboxylic acids is 1. The lowest BCUT2D eigenvalue weighted by Crippen LogP contribution is -2.24. The number of nitrogens with zero attached hydrogens (tertiary/aromatic N) is 1. The molecule has 1 amide bonds. The van der Waals surface area contributed by atoms with E-state index in [1.165, 1.54) is 6.21 Å². The Balaban J connectivity index is 1.88. The molecule has 0 aliphatic heterocycles. The SMILES string of the molecule is COc1ccc(C=NNC(=O)COc2cc(C)cc(C)c2)cc1OC. The quantitative estimate of drug-likeness (QED) is 0.620. The first-order valence-corrected chi connectivity index (χ1v) is 7.77. The number of amides is 1. The van der Waals surface area contributed by atoms with Crippen molar-refractivity contribution in [1.82, 2.24) is 5.43 Å². The van der Waals surface area contributed by atoms with Gasteiger partial charge in [0, 0.05) is 0 Å². The second-order valence-electron chi connectivity index (χ2n) is 5.52. The minimum atomic E-state index is -0.337. The number of benzene rings is 2. The summed E-state index contributed by atoms with van der Waals surface area (Å²) in [5.74, 6) is 1.55. The lowest BCUT2D eigenvalue weighted by atomic mass is 10.1. The van der Waals surface area contributed by atoms with E-state index in [0.29, 0.717) is 17.2 Å². The molecule has 132 valence electrons. The number of carbonyl (C=O) groups is 1. The van der Waals surface area contributed by atoms with E-state index in [1.807, 2.05) is 38.1 Å². The minimum absolute atomic E-state index is 0.105. The van der Waals surface area contributed by atoms with Crippen molar-refractivity contribution in [1.29, 1.82) is 0 Å². The normalized spacial score (nSPS) is 10.6. The lowest BCUT2D eigenvalue weighted by Gasteiger charge is -2.08. The summed E-state index contributed by atoms with van der Waals surface area (Å²) in [7, 11) is 3.13. The summed E-state index contributed by atoms with van der Waals surface area (Å²) in [5.41, 5.74) is 5.37. The number of hydrogen-bond acceptors (Lipinski definition) is 5. The lowest BCUT2D eigenvalue weighted by molar-refractivity contribution is -0.123. The Labute approximate surface area is 147 Å². The highest BCUT2D eigenvalue weighted by molar-refractivity contribution is 5.83. The number of hydrazone groups is 1. The molecule has 6 heteroatoms. The van der Waals surface area contributed by atoms with Gasteiger partial charge >= 0.3 is 0 Å². The molecular formula is C19H22N2O4. The fourth-order valence-electron chi connectivity index (χ4n) is 2.31. The van der Waals surface area contributed by atoms with Gasteiger partial charge in [0.25, 0.3) is 5.91 Å². The van der Waals surface area contributed by atoms with Crippen molar-refractivity contribution in [3.8, 4) is 17.2 Å². The van der Waals surface area contributed by atoms with Crippen LogP contribution in [0.1, 0.15) is 16.7 Å². The van der Waals surface area contributed by atoms with E-state index in [2.05, 4.69) is 10.5 Å². The molecule has 0 saturated heterocycles. The van der Waals surface area contributed by atoms with Crippen LogP contribution in [-0.4, -0.2) is 32.9 Å². The van der Waals surface area contributed by atoms with E-state index in [4.69, 9.17) is 14.2 Å². The molecule has 0 aromatic heterocycles. The molecule has 0 bridgehead atoms. The number of hydrogen-bond donors (Lipinski definition) is 1. The van der Waals surface area contributed by atoms with Gasteiger partial charge in [-0.1, -0.05) is 6.07 Å². The van der Waals surface area contributed by atoms with Crippen molar-refractivity contribution in [3.63, 3.8) is 0 Å². The number of rotatable bonds is 7. The second kappa shape index (κ2) is 8.73. The van der Waals surface area contributed by atoms with Crippen LogP contribution in [0, 0.1) is 13.8 Å². The van der Waals surface area contributed by atoms with Crippen molar-refractivity contribution in [3.05, 3.63) is 53.1 Å². The molecule has 2 aromatic rings. The zero-order valence-electron chi connectivity index (χ0n) is 14.8. The Morgan fingerprint density at radius 3 is 2.36 bits per heavy atom. The van der Waals surface area contributed by atoms with Crippen LogP contribution in [0.4, 0.5) is 0 Å². The van der Waals surface area contributed by atoms with E-state index >= 15 is 0 Å². The van der Waals surface area contributed by atoms with E-state index in [9.17, 15) is 4.79 Å². The van der Waals surface area contributed by atoms with Crippen molar-refractivity contribution in [2.24, 2.45) is 5.10 Å². The number of aryl methyl sites for hydroxylation is 2. The maximum absolute atomic E-state index is 11.8. The summed E-state index contributed by atoms with van der Waals surface area (Å²) < 4.78 is 15.9. The van der Waals surface area contributed by atoms with Gasteiger partial charge in [-0.15, -0.1) is 0 Å². The van der Waals surface area contributed by atoms with Crippen molar-refractivity contribution in [2.75, 3.05) is 20.8 Å². The van der Waals surface area contributed by atoms with Gasteiger partial charge in [0.15, 0.2) is 18.1 Å². The highest BCUT2D eigenvalue weighted by atomic mass is 16.5. The monoisotopic (exact) mass is 342 g/mol. The van der Waals surface area contributed by atoms with E-state index in [-0.39, 0.29) is 12.5 Å². The molecule has 6 nitrogen and oxygen atoms in total. The van der Waals surface area contributed by atoms with E-state index in [0.717, 1.165) is 16.7 Å². The van der Waals surface area contributed by atoms with E-state index in [1.54, 1.807) is 26.4 Å². The molecule has 0 saturated carbocycles. The molecule has 2 rings (SSSR count). The molecule has 1 N–H and O–H groups in total. The largest absolute Gasteiger partial charge is 0.493 e. The Hall–Kier alpha value is -3.02. The van der Waals surface area contributed by atoms with Crippen LogP contribution in [0.2, 0.25) is 0 Å². The third-order valence-electron chi connectivity index (χ3n) is 3.38. The van der Waals surface area contributed by atoms with Gasteiger partial charge in [-0.3, -0.25) is 4.79 Å². The van der Waals surface area contributed by atoms with Crippen LogP contribution in [0.5, 0.6) is 17.2 Å². The Morgan fingerprint density at radius 2 is 1.72 bits per heavy atom. The summed E-state index contributed by atoms with van der Waals surface area (Å²) in [6.45, 7) is 3.85. The third-order valence-corrected chi connectivity index (χ3v) is 3.38. The highest BCUT2D eigenvalue weighted by Crippen LogP contribution is 2.26. The zero-order chi connectivity index (χ0) is 18.2. The van der Waals surface area contributed by atoms with Gasteiger partial charge in [-0.05, 0) is 60.9 Å². The Morgan fingerprint density at radius 1 is 1.04 bits per heavy atom. The first-order chi connectivity index (χ1) is 12.0. The Bertz CT molecular complexity index is 752. The van der Waals surface area contributed by atoms with Gasteiger partial charge in [0.05, 0.1) is 20.4 Å². The molecule has 0 aliphatic carbocycles. The topological polar surface area (TPSA) is 69.2 Å². The highest BCUT2D eigenvalue weighted by Gasteiger charge is 2.04. The molecule has 0 heterocycles. The predicted octanol–water partition coefficient (Wildman–Crippen LogP) is 2.85. The first-order valence-electron chi connectivity index (χ1n) is 7.77. The molecule has 0 fully saturated rings. The molecule has 0 atom stereocenters. The molecule has 0 aliphatic rings. The first kappa shape index (κ1) is 18.3. The molecule has 0 spiro atoms. The molecule has 0 unspecified atom stereocenters. The fourth-order valence-corrected chi connectivity index (χ4v) is 2.31. The number of ether oxygens (including phenoxy) is 3. The van der Waals surface area contributed by atoms with Crippen molar-refractivity contribution in [2.45, 2.75) is 13.8 Å². The summed E-state index contributed by atoms with van der Waals surface area (Å²) >= 11 is 0. The summed E-state index contributed by atoms with van der Waals surface area (Å²) in [6, 6.07) is 11.1. The molecule has 2 aromatic carbocycles. The predicted molar refractivity (Wildman–Crippen MR) is 96.7 cm³/mol. The summed E-state index contributed by atoms with van der Waals surface area (Å²) in [5, 5.41) is 3.92. The van der Waals surface area contributed by atoms with Crippen LogP contribution in [0.15, 0.2) is 41.5 Å². The van der Waals surface area contributed by atoms with Gasteiger partial charge in [-0.25, -0.2) is 5.43 Å². The van der Waals surface area contributed by atoms with Gasteiger partial charge in [-0.2, -0.15) is 5.10 Å². The summed E-state index contributed by atoms with van der Waals surface area (Å²) in [4.78, 5) is 11.8. The smallest absolute Gasteiger partial charge is 0.277 e. The number of methoxy groups -OCH3 is 2. The number of nitrogens with one attached hydrogen (secondary N) is 1. The van der Waals surface area contributed by atoms with Crippen LogP contribution < -0.4 is 19.6 Å². The van der Waals surface area contributed by atoms with Gasteiger partial charge in [0.2, 0.25) is 0 Å². The van der Waals surface area contributed by atoms with E-state index < -0.39 is 0 Å². The van der Waals surface area contributed by atoms with Crippen LogP contribution in [0.25, 0.3) is 0 Å². The molecular weight excluding hydrogens is 320 g/mol. The molecule has 25 heavy (non-hydrogen) atoms. The maximum atomic E-state index is 11.8. The van der Waals surface area contributed by atoms with Gasteiger partial charge in [0.1, 0.15) is 5.75 Å². The molecule has 0 radical (unpaired) electrons. The zero-order valence-corrected chi connectivity index (χ0v) is 14.8. The Kier molecular flexibility index (Phi) is 6.39. The maximum Gasteiger partial charge on any atom is 0.277 e. The average Bonchev–Trinajstić information content (AvgIpc) is 2.59. The van der Waals surface area contributed by atoms with Crippen LogP contribution in [0.3, 0.4) is 0 Å². The fraction of sp³-hybridized carbons (Fsp3) is 0.263. The second-order valence-corrected chi connectivity index (χ2v) is 5.52. The van der Waals surface area contributed by atoms with Crippen molar-refractivity contribution >= 4 is 12.1 Å². The summed E-state index contributed by atoms with van der Waals surface area (Å²) in [6.07, 6.45) is 1.52. The van der Waals surface area contributed by atoms with Crippen LogP contribution in [-0.2, 0) is 4.79 Å². The van der Waals surface area contributed by atoms with Gasteiger partial charge < -0.3 is 14.2 Å². The van der Waals surface area contributed by atoms with Crippen molar-refractivity contribution < 1.29 is 19.0 Å².